The molecular weight excluding hydrogens is 351 g/mol. The van der Waals surface area contributed by atoms with Crippen LogP contribution in [0.1, 0.15) is 28.9 Å². The largest absolute Gasteiger partial charge is 0.465 e. The number of carboxylic acid groups (broad SMARTS) is 1. The molecule has 1 aromatic heterocycles. The molecule has 0 atom stereocenters. The van der Waals surface area contributed by atoms with E-state index in [9.17, 15) is 19.1 Å². The molecule has 2 aliphatic rings. The zero-order chi connectivity index (χ0) is 17.9. The van der Waals surface area contributed by atoms with Gasteiger partial charge < -0.3 is 10.8 Å². The van der Waals surface area contributed by atoms with Crippen molar-refractivity contribution in [1.82, 2.24) is 14.7 Å². The fourth-order valence-corrected chi connectivity index (χ4v) is 3.60. The molecule has 1 fully saturated rings. The first-order valence-electron chi connectivity index (χ1n) is 7.68. The number of nitrogens with two attached hydrogens (primary N) is 1. The van der Waals surface area contributed by atoms with Gasteiger partial charge in [-0.3, -0.25) is 14.4 Å². The number of fused-ring (bicyclic) bond motifs is 1. The topological polar surface area (TPSA) is 101 Å². The lowest BCUT2D eigenvalue weighted by Gasteiger charge is -2.34. The molecule has 7 nitrogen and oxygen atoms in total. The molecule has 1 aliphatic carbocycles. The van der Waals surface area contributed by atoms with E-state index < -0.39 is 23.4 Å². The van der Waals surface area contributed by atoms with E-state index >= 15 is 0 Å². The molecule has 2 aromatic rings. The van der Waals surface area contributed by atoms with E-state index in [1.165, 1.54) is 23.1 Å². The van der Waals surface area contributed by atoms with Crippen LogP contribution >= 0.6 is 11.6 Å². The number of benzene rings is 1. The van der Waals surface area contributed by atoms with Gasteiger partial charge in [-0.1, -0.05) is 11.6 Å². The number of carbonyl (C=O) groups excluding carboxylic acids is 1. The van der Waals surface area contributed by atoms with Gasteiger partial charge in [0.15, 0.2) is 0 Å². The Morgan fingerprint density at radius 3 is 2.64 bits per heavy atom. The van der Waals surface area contributed by atoms with Gasteiger partial charge in [0.25, 0.3) is 5.91 Å². The highest BCUT2D eigenvalue weighted by molar-refractivity contribution is 6.31. The summed E-state index contributed by atoms with van der Waals surface area (Å²) in [4.78, 5) is 25.0. The highest BCUT2D eigenvalue weighted by Crippen LogP contribution is 2.47. The molecule has 2 heterocycles. The van der Waals surface area contributed by atoms with Gasteiger partial charge in [0.1, 0.15) is 11.5 Å². The number of amides is 2. The van der Waals surface area contributed by atoms with Gasteiger partial charge in [-0.15, -0.1) is 0 Å². The van der Waals surface area contributed by atoms with E-state index in [1.54, 1.807) is 4.68 Å². The summed E-state index contributed by atoms with van der Waals surface area (Å²) in [5.41, 5.74) is 6.39. The van der Waals surface area contributed by atoms with Crippen LogP contribution in [0.25, 0.3) is 11.3 Å². The number of hydrogen-bond donors (Lipinski definition) is 2. The van der Waals surface area contributed by atoms with Crippen molar-refractivity contribution in [2.75, 3.05) is 0 Å². The lowest BCUT2D eigenvalue weighted by molar-refractivity contribution is 0.0872. The van der Waals surface area contributed by atoms with Gasteiger partial charge in [0.2, 0.25) is 0 Å². The Morgan fingerprint density at radius 2 is 2.08 bits per heavy atom. The van der Waals surface area contributed by atoms with Crippen molar-refractivity contribution in [3.05, 3.63) is 40.3 Å². The highest BCUT2D eigenvalue weighted by atomic mass is 35.5. The van der Waals surface area contributed by atoms with Crippen LogP contribution in [0, 0.1) is 5.82 Å². The molecule has 3 N–H and O–H groups in total. The standard InChI is InChI=1S/C16H14ClFN4O3/c17-9-5-8(1-2-10(9)18)13-12(14(19)23)11-6-21(15(24)25)16(3-4-16)7-22(11)20-13/h1-2,5H,3-4,6-7H2,(H2,19,23)(H,24,25). The Labute approximate surface area is 146 Å². The van der Waals surface area contributed by atoms with E-state index in [4.69, 9.17) is 17.3 Å². The van der Waals surface area contributed by atoms with Gasteiger partial charge in [0.05, 0.1) is 34.9 Å². The van der Waals surface area contributed by atoms with E-state index in [-0.39, 0.29) is 22.8 Å². The highest BCUT2D eigenvalue weighted by Gasteiger charge is 2.54. The molecule has 25 heavy (non-hydrogen) atoms. The third-order valence-corrected chi connectivity index (χ3v) is 5.17. The van der Waals surface area contributed by atoms with Crippen LogP contribution in [0.5, 0.6) is 0 Å². The molecule has 1 aliphatic heterocycles. The first-order valence-corrected chi connectivity index (χ1v) is 8.06. The van der Waals surface area contributed by atoms with Gasteiger partial charge in [-0.05, 0) is 31.0 Å². The minimum absolute atomic E-state index is 0.0372. The van der Waals surface area contributed by atoms with Crippen LogP contribution in [0.15, 0.2) is 18.2 Å². The zero-order valence-corrected chi connectivity index (χ0v) is 13.8. The average molecular weight is 365 g/mol. The van der Waals surface area contributed by atoms with E-state index in [0.717, 1.165) is 12.8 Å². The van der Waals surface area contributed by atoms with E-state index in [1.807, 2.05) is 0 Å². The summed E-state index contributed by atoms with van der Waals surface area (Å²) in [6, 6.07) is 4.02. The van der Waals surface area contributed by atoms with Crippen LogP contribution in [0.3, 0.4) is 0 Å². The van der Waals surface area contributed by atoms with Crippen molar-refractivity contribution in [1.29, 1.82) is 0 Å². The molecule has 0 radical (unpaired) electrons. The molecule has 2 amide bonds. The Bertz CT molecular complexity index is 922. The lowest BCUT2D eigenvalue weighted by Crippen LogP contribution is -2.48. The number of hydrogen-bond acceptors (Lipinski definition) is 3. The molecule has 0 saturated heterocycles. The number of rotatable bonds is 2. The van der Waals surface area contributed by atoms with E-state index in [2.05, 4.69) is 5.10 Å². The number of primary amides is 1. The summed E-state index contributed by atoms with van der Waals surface area (Å²) in [7, 11) is 0. The predicted octanol–water partition coefficient (Wildman–Crippen LogP) is 2.47. The summed E-state index contributed by atoms with van der Waals surface area (Å²) < 4.78 is 15.1. The molecule has 1 spiro atoms. The van der Waals surface area contributed by atoms with Crippen molar-refractivity contribution in [3.63, 3.8) is 0 Å². The number of halogens is 2. The summed E-state index contributed by atoms with van der Waals surface area (Å²) in [5, 5.41) is 13.8. The van der Waals surface area contributed by atoms with Crippen molar-refractivity contribution in [2.24, 2.45) is 5.73 Å². The average Bonchev–Trinajstić information content (AvgIpc) is 3.19. The van der Waals surface area contributed by atoms with Gasteiger partial charge in [-0.25, -0.2) is 9.18 Å². The lowest BCUT2D eigenvalue weighted by atomic mass is 10.0. The summed E-state index contributed by atoms with van der Waals surface area (Å²) >= 11 is 5.83. The summed E-state index contributed by atoms with van der Waals surface area (Å²) in [6.07, 6.45) is 0.469. The fourth-order valence-electron chi connectivity index (χ4n) is 3.42. The predicted molar refractivity (Wildman–Crippen MR) is 86.7 cm³/mol. The first-order chi connectivity index (χ1) is 11.8. The summed E-state index contributed by atoms with van der Waals surface area (Å²) in [6.45, 7) is 0.402. The van der Waals surface area contributed by atoms with Gasteiger partial charge >= 0.3 is 6.09 Å². The maximum Gasteiger partial charge on any atom is 0.408 e. The molecular formula is C16H14ClFN4O3. The normalized spacial score (nSPS) is 17.4. The molecule has 1 aromatic carbocycles. The second-order valence-corrected chi connectivity index (χ2v) is 6.82. The minimum Gasteiger partial charge on any atom is -0.465 e. The van der Waals surface area contributed by atoms with Gasteiger partial charge in [-0.2, -0.15) is 5.10 Å². The first kappa shape index (κ1) is 15.9. The second kappa shape index (κ2) is 5.19. The molecule has 1 saturated carbocycles. The number of aromatic nitrogens is 2. The number of carbonyl (C=O) groups is 2. The van der Waals surface area contributed by atoms with Crippen molar-refractivity contribution >= 4 is 23.6 Å². The maximum absolute atomic E-state index is 13.4. The SMILES string of the molecule is NC(=O)c1c(-c2ccc(F)c(Cl)c2)nn2c1CN(C(=O)O)C1(CC1)C2. The molecule has 9 heteroatoms. The van der Waals surface area contributed by atoms with Crippen molar-refractivity contribution in [3.8, 4) is 11.3 Å². The van der Waals surface area contributed by atoms with Crippen LogP contribution in [-0.2, 0) is 13.1 Å². The fraction of sp³-hybridized carbons (Fsp3) is 0.312. The van der Waals surface area contributed by atoms with Crippen LogP contribution < -0.4 is 5.73 Å². The van der Waals surface area contributed by atoms with Crippen molar-refractivity contribution < 1.29 is 19.1 Å². The van der Waals surface area contributed by atoms with E-state index in [0.29, 0.717) is 17.8 Å². The van der Waals surface area contributed by atoms with Gasteiger partial charge in [0, 0.05) is 5.56 Å². The zero-order valence-electron chi connectivity index (χ0n) is 13.0. The number of nitrogens with zero attached hydrogens (tertiary/aromatic N) is 3. The molecule has 4 rings (SSSR count). The summed E-state index contributed by atoms with van der Waals surface area (Å²) in [5.74, 6) is -1.29. The Kier molecular flexibility index (Phi) is 3.30. The second-order valence-electron chi connectivity index (χ2n) is 6.41. The smallest absolute Gasteiger partial charge is 0.408 e. The monoisotopic (exact) mass is 364 g/mol. The molecule has 0 bridgehead atoms. The molecule has 0 unspecified atom stereocenters. The van der Waals surface area contributed by atoms with Crippen molar-refractivity contribution in [2.45, 2.75) is 31.5 Å². The molecule has 130 valence electrons. The van der Waals surface area contributed by atoms with Crippen LogP contribution in [0.2, 0.25) is 5.02 Å². The Balaban J connectivity index is 1.87. The Hall–Kier alpha value is -2.61. The maximum atomic E-state index is 13.4. The third-order valence-electron chi connectivity index (χ3n) is 4.88. The third kappa shape index (κ3) is 2.36. The Morgan fingerprint density at radius 1 is 1.36 bits per heavy atom. The minimum atomic E-state index is -1.04. The van der Waals surface area contributed by atoms with Crippen LogP contribution in [-0.4, -0.2) is 37.3 Å². The van der Waals surface area contributed by atoms with Crippen LogP contribution in [0.4, 0.5) is 9.18 Å². The quantitative estimate of drug-likeness (QED) is 0.854.